The molecule has 0 aliphatic carbocycles. The molecule has 0 radical (unpaired) electrons. The van der Waals surface area contributed by atoms with Crippen LogP contribution in [0.4, 0.5) is 0 Å². The lowest BCUT2D eigenvalue weighted by atomic mass is 10.3. The van der Waals surface area contributed by atoms with E-state index >= 15 is 0 Å². The van der Waals surface area contributed by atoms with E-state index in [-0.39, 0.29) is 12.0 Å². The van der Waals surface area contributed by atoms with Gasteiger partial charge < -0.3 is 24.2 Å². The summed E-state index contributed by atoms with van der Waals surface area (Å²) in [6.45, 7) is 7.87. The summed E-state index contributed by atoms with van der Waals surface area (Å²) in [6, 6.07) is 0. The molecule has 0 aliphatic rings. The van der Waals surface area contributed by atoms with Gasteiger partial charge in [-0.05, 0) is 20.3 Å². The van der Waals surface area contributed by atoms with Crippen LogP contribution in [0.1, 0.15) is 26.7 Å². The number of phosphoric acid groups is 1. The number of esters is 2. The lowest BCUT2D eigenvalue weighted by Crippen LogP contribution is -2.13. The third kappa shape index (κ3) is 22.6. The second-order valence-corrected chi connectivity index (χ2v) is 4.38. The second kappa shape index (κ2) is 10.8. The number of hydrogen-bond donors (Lipinski definition) is 3. The van der Waals surface area contributed by atoms with Crippen LogP contribution in [0, 0.1) is 0 Å². The molecule has 0 heterocycles. The molecule has 0 aliphatic heterocycles. The third-order valence-corrected chi connectivity index (χ3v) is 1.43. The fourth-order valence-electron chi connectivity index (χ4n) is 0.704. The molecule has 0 spiro atoms. The van der Waals surface area contributed by atoms with Gasteiger partial charge in [0.15, 0.2) is 0 Å². The summed E-state index contributed by atoms with van der Waals surface area (Å²) in [5.41, 5.74) is 0.225. The van der Waals surface area contributed by atoms with Gasteiger partial charge in [0.05, 0.1) is 0 Å². The van der Waals surface area contributed by atoms with Crippen molar-refractivity contribution in [3.63, 3.8) is 0 Å². The standard InChI is InChI=1S/C10H16O4.H3O4P/c1-4-13-7-5-6-9(11)14-10(12)8(2)3;1-5(2,3)4/h2,4-7H2,1,3H3;(H3,1,2,3,4). The highest BCUT2D eigenvalue weighted by Crippen LogP contribution is 2.25. The Morgan fingerprint density at radius 1 is 1.26 bits per heavy atom. The van der Waals surface area contributed by atoms with Crippen LogP contribution in [-0.2, 0) is 23.6 Å². The van der Waals surface area contributed by atoms with Gasteiger partial charge >= 0.3 is 19.8 Å². The lowest BCUT2D eigenvalue weighted by molar-refractivity contribution is -0.157. The molecule has 19 heavy (non-hydrogen) atoms. The van der Waals surface area contributed by atoms with Crippen LogP contribution in [0.3, 0.4) is 0 Å². The molecule has 0 aromatic heterocycles. The number of ether oxygens (including phenoxy) is 2. The average molecular weight is 298 g/mol. The molecule has 8 nitrogen and oxygen atoms in total. The lowest BCUT2D eigenvalue weighted by Gasteiger charge is -2.02. The van der Waals surface area contributed by atoms with Crippen LogP contribution in [0.15, 0.2) is 12.2 Å². The highest BCUT2D eigenvalue weighted by atomic mass is 31.2. The Labute approximate surface area is 111 Å². The van der Waals surface area contributed by atoms with Gasteiger partial charge in [-0.25, -0.2) is 9.36 Å². The van der Waals surface area contributed by atoms with E-state index in [4.69, 9.17) is 24.0 Å². The summed E-state index contributed by atoms with van der Waals surface area (Å²) in [4.78, 5) is 43.4. The molecular weight excluding hydrogens is 279 g/mol. The van der Waals surface area contributed by atoms with Crippen molar-refractivity contribution in [2.75, 3.05) is 13.2 Å². The molecule has 0 saturated heterocycles. The maximum absolute atomic E-state index is 11.0. The first-order chi connectivity index (χ1) is 8.57. The summed E-state index contributed by atoms with van der Waals surface area (Å²) in [5, 5.41) is 0. The second-order valence-electron chi connectivity index (χ2n) is 3.36. The van der Waals surface area contributed by atoms with Gasteiger partial charge in [-0.1, -0.05) is 6.58 Å². The Balaban J connectivity index is 0. The van der Waals surface area contributed by atoms with Crippen molar-refractivity contribution in [2.24, 2.45) is 0 Å². The SMILES string of the molecule is C=C(C)C(=O)OC(=O)CCCOCC.O=P(O)(O)O. The number of carbonyl (C=O) groups is 2. The monoisotopic (exact) mass is 298 g/mol. The van der Waals surface area contributed by atoms with Gasteiger partial charge in [0, 0.05) is 25.2 Å². The maximum Gasteiger partial charge on any atom is 0.466 e. The molecule has 112 valence electrons. The molecule has 0 fully saturated rings. The zero-order valence-corrected chi connectivity index (χ0v) is 11.8. The molecule has 0 bridgehead atoms. The molecule has 0 saturated carbocycles. The summed E-state index contributed by atoms with van der Waals surface area (Å²) in [6.07, 6.45) is 0.759. The largest absolute Gasteiger partial charge is 0.466 e. The van der Waals surface area contributed by atoms with E-state index in [1.165, 1.54) is 6.92 Å². The van der Waals surface area contributed by atoms with E-state index < -0.39 is 19.8 Å². The summed E-state index contributed by atoms with van der Waals surface area (Å²) < 4.78 is 18.4. The molecule has 0 aromatic carbocycles. The third-order valence-electron chi connectivity index (χ3n) is 1.43. The first kappa shape index (κ1) is 20.3. The van der Waals surface area contributed by atoms with Crippen molar-refractivity contribution in [3.05, 3.63) is 12.2 Å². The quantitative estimate of drug-likeness (QED) is 0.213. The fourth-order valence-corrected chi connectivity index (χ4v) is 0.704. The van der Waals surface area contributed by atoms with Crippen LogP contribution in [0.5, 0.6) is 0 Å². The van der Waals surface area contributed by atoms with E-state index in [9.17, 15) is 9.59 Å². The van der Waals surface area contributed by atoms with E-state index in [0.717, 1.165) is 0 Å². The molecule has 3 N–H and O–H groups in total. The summed E-state index contributed by atoms with van der Waals surface area (Å²) in [5.74, 6) is -1.19. The smallest absolute Gasteiger partial charge is 0.390 e. The Bertz CT molecular complexity index is 337. The first-order valence-corrected chi connectivity index (χ1v) is 6.91. The average Bonchev–Trinajstić information content (AvgIpc) is 2.22. The minimum absolute atomic E-state index is 0.193. The normalized spacial score (nSPS) is 10.2. The number of rotatable bonds is 6. The van der Waals surface area contributed by atoms with Gasteiger partial charge in [-0.2, -0.15) is 0 Å². The predicted molar refractivity (Wildman–Crippen MR) is 65.9 cm³/mol. The van der Waals surface area contributed by atoms with E-state index in [1.807, 2.05) is 6.92 Å². The van der Waals surface area contributed by atoms with Crippen molar-refractivity contribution in [3.8, 4) is 0 Å². The highest BCUT2D eigenvalue weighted by Gasteiger charge is 2.10. The molecule has 0 amide bonds. The van der Waals surface area contributed by atoms with Crippen LogP contribution in [0.25, 0.3) is 0 Å². The molecule has 0 rings (SSSR count). The van der Waals surface area contributed by atoms with Gasteiger partial charge in [-0.15, -0.1) is 0 Å². The van der Waals surface area contributed by atoms with Crippen LogP contribution < -0.4 is 0 Å². The summed E-state index contributed by atoms with van der Waals surface area (Å²) >= 11 is 0. The van der Waals surface area contributed by atoms with Crippen molar-refractivity contribution in [1.82, 2.24) is 0 Å². The Kier molecular flexibility index (Phi) is 11.6. The van der Waals surface area contributed by atoms with Crippen molar-refractivity contribution in [1.29, 1.82) is 0 Å². The zero-order valence-electron chi connectivity index (χ0n) is 10.9. The van der Waals surface area contributed by atoms with Gasteiger partial charge in [0.25, 0.3) is 0 Å². The first-order valence-electron chi connectivity index (χ1n) is 5.34. The predicted octanol–water partition coefficient (Wildman–Crippen LogP) is 0.520. The number of carbonyl (C=O) groups excluding carboxylic acids is 2. The molecule has 0 unspecified atom stereocenters. The zero-order chi connectivity index (χ0) is 15.5. The summed E-state index contributed by atoms with van der Waals surface area (Å²) in [7, 11) is -4.64. The van der Waals surface area contributed by atoms with Crippen molar-refractivity contribution < 1.29 is 38.3 Å². The topological polar surface area (TPSA) is 130 Å². The van der Waals surface area contributed by atoms with Crippen LogP contribution in [0.2, 0.25) is 0 Å². The van der Waals surface area contributed by atoms with Crippen molar-refractivity contribution >= 4 is 19.8 Å². The van der Waals surface area contributed by atoms with Gasteiger partial charge in [-0.3, -0.25) is 4.79 Å². The van der Waals surface area contributed by atoms with Gasteiger partial charge in [0.1, 0.15) is 0 Å². The minimum atomic E-state index is -4.64. The fraction of sp³-hybridized carbons (Fsp3) is 0.600. The molecular formula is C10H19O8P. The van der Waals surface area contributed by atoms with E-state index in [1.54, 1.807) is 0 Å². The Morgan fingerprint density at radius 2 is 1.74 bits per heavy atom. The minimum Gasteiger partial charge on any atom is -0.390 e. The Morgan fingerprint density at radius 3 is 2.11 bits per heavy atom. The van der Waals surface area contributed by atoms with Crippen LogP contribution >= 0.6 is 7.82 Å². The highest BCUT2D eigenvalue weighted by molar-refractivity contribution is 7.45. The van der Waals surface area contributed by atoms with Gasteiger partial charge in [0.2, 0.25) is 0 Å². The number of hydrogen-bond acceptors (Lipinski definition) is 5. The van der Waals surface area contributed by atoms with E-state index in [2.05, 4.69) is 11.3 Å². The van der Waals surface area contributed by atoms with Crippen LogP contribution in [-0.4, -0.2) is 39.8 Å². The molecule has 0 atom stereocenters. The van der Waals surface area contributed by atoms with Crippen molar-refractivity contribution in [2.45, 2.75) is 26.7 Å². The Hall–Kier alpha value is -1.05. The molecule has 0 aromatic rings. The molecule has 9 heteroatoms. The maximum atomic E-state index is 11.0. The van der Waals surface area contributed by atoms with E-state index in [0.29, 0.717) is 19.6 Å².